The molecule has 2 rings (SSSR count). The molecule has 27 heavy (non-hydrogen) atoms. The molecule has 4 nitrogen and oxygen atoms in total. The van der Waals surface area contributed by atoms with E-state index in [0.717, 1.165) is 22.6 Å². The Hall–Kier alpha value is -2.83. The van der Waals surface area contributed by atoms with Gasteiger partial charge in [-0.2, -0.15) is 13.2 Å². The molecule has 2 aromatic rings. The largest absolute Gasteiger partial charge is 0.416 e. The van der Waals surface area contributed by atoms with E-state index in [1.54, 1.807) is 12.1 Å². The standard InChI is InChI=1S/C20H21F3N2O2/c1-13(2)17-9-4-5-10-18(17)24-19(27)12-25(14(3)26)16-8-6-7-15(11-16)20(21,22)23/h4-11,13H,12H2,1-3H3,(H,24,27). The van der Waals surface area contributed by atoms with Crippen molar-refractivity contribution in [3.05, 3.63) is 59.7 Å². The van der Waals surface area contributed by atoms with Crippen LogP contribution in [-0.4, -0.2) is 18.4 Å². The predicted octanol–water partition coefficient (Wildman–Crippen LogP) is 4.82. The first-order valence-corrected chi connectivity index (χ1v) is 8.43. The van der Waals surface area contributed by atoms with Gasteiger partial charge in [-0.15, -0.1) is 0 Å². The minimum Gasteiger partial charge on any atom is -0.324 e. The molecule has 0 bridgehead atoms. The van der Waals surface area contributed by atoms with Crippen LogP contribution in [0, 0.1) is 0 Å². The van der Waals surface area contributed by atoms with Crippen LogP contribution in [-0.2, 0) is 15.8 Å². The number of halogens is 3. The van der Waals surface area contributed by atoms with Crippen molar-refractivity contribution in [3.63, 3.8) is 0 Å². The molecule has 0 saturated heterocycles. The van der Waals surface area contributed by atoms with Gasteiger partial charge in [0.25, 0.3) is 0 Å². The van der Waals surface area contributed by atoms with Crippen LogP contribution in [0.2, 0.25) is 0 Å². The monoisotopic (exact) mass is 378 g/mol. The molecule has 0 saturated carbocycles. The van der Waals surface area contributed by atoms with E-state index in [0.29, 0.717) is 5.69 Å². The Morgan fingerprint density at radius 3 is 2.33 bits per heavy atom. The molecular formula is C20H21F3N2O2. The van der Waals surface area contributed by atoms with Crippen LogP contribution >= 0.6 is 0 Å². The van der Waals surface area contributed by atoms with E-state index < -0.39 is 23.6 Å². The van der Waals surface area contributed by atoms with Gasteiger partial charge < -0.3 is 10.2 Å². The summed E-state index contributed by atoms with van der Waals surface area (Å²) in [5.74, 6) is -0.841. The van der Waals surface area contributed by atoms with Gasteiger partial charge in [-0.3, -0.25) is 9.59 Å². The van der Waals surface area contributed by atoms with Crippen LogP contribution in [0.5, 0.6) is 0 Å². The average molecular weight is 378 g/mol. The highest BCUT2D eigenvalue weighted by molar-refractivity contribution is 6.02. The van der Waals surface area contributed by atoms with E-state index in [1.165, 1.54) is 19.1 Å². The lowest BCUT2D eigenvalue weighted by atomic mass is 10.0. The van der Waals surface area contributed by atoms with Crippen molar-refractivity contribution in [2.24, 2.45) is 0 Å². The second kappa shape index (κ2) is 8.24. The molecule has 2 aromatic carbocycles. The third-order valence-corrected chi connectivity index (χ3v) is 4.02. The number of para-hydroxylation sites is 1. The number of hydrogen-bond donors (Lipinski definition) is 1. The molecule has 0 aromatic heterocycles. The van der Waals surface area contributed by atoms with Gasteiger partial charge >= 0.3 is 6.18 Å². The Kier molecular flexibility index (Phi) is 6.25. The highest BCUT2D eigenvalue weighted by Crippen LogP contribution is 2.31. The van der Waals surface area contributed by atoms with E-state index in [-0.39, 0.29) is 18.2 Å². The molecule has 7 heteroatoms. The van der Waals surface area contributed by atoms with Crippen molar-refractivity contribution in [2.75, 3.05) is 16.8 Å². The smallest absolute Gasteiger partial charge is 0.324 e. The number of anilines is 2. The molecule has 144 valence electrons. The first kappa shape index (κ1) is 20.5. The van der Waals surface area contributed by atoms with Crippen LogP contribution in [0.1, 0.15) is 37.8 Å². The number of rotatable bonds is 5. The topological polar surface area (TPSA) is 49.4 Å². The van der Waals surface area contributed by atoms with E-state index in [4.69, 9.17) is 0 Å². The normalized spacial score (nSPS) is 11.4. The van der Waals surface area contributed by atoms with Crippen LogP contribution < -0.4 is 10.2 Å². The van der Waals surface area contributed by atoms with Crippen LogP contribution in [0.15, 0.2) is 48.5 Å². The molecule has 1 N–H and O–H groups in total. The van der Waals surface area contributed by atoms with Crippen LogP contribution in [0.4, 0.5) is 24.5 Å². The summed E-state index contributed by atoms with van der Waals surface area (Å²) in [4.78, 5) is 25.4. The van der Waals surface area contributed by atoms with Gasteiger partial charge in [-0.1, -0.05) is 38.1 Å². The van der Waals surface area contributed by atoms with Crippen molar-refractivity contribution < 1.29 is 22.8 Å². The fraction of sp³-hybridized carbons (Fsp3) is 0.300. The number of benzene rings is 2. The maximum Gasteiger partial charge on any atom is 0.416 e. The molecule has 0 spiro atoms. The van der Waals surface area contributed by atoms with Crippen molar-refractivity contribution in [2.45, 2.75) is 32.9 Å². The fourth-order valence-corrected chi connectivity index (χ4v) is 2.68. The fourth-order valence-electron chi connectivity index (χ4n) is 2.68. The van der Waals surface area contributed by atoms with E-state index in [2.05, 4.69) is 5.32 Å². The zero-order valence-electron chi connectivity index (χ0n) is 15.3. The number of amides is 2. The third kappa shape index (κ3) is 5.32. The summed E-state index contributed by atoms with van der Waals surface area (Å²) < 4.78 is 38.8. The molecule has 0 unspecified atom stereocenters. The van der Waals surface area contributed by atoms with Gasteiger partial charge in [0.2, 0.25) is 11.8 Å². The molecule has 0 aliphatic heterocycles. The van der Waals surface area contributed by atoms with Crippen LogP contribution in [0.3, 0.4) is 0 Å². The first-order chi connectivity index (χ1) is 12.6. The minimum atomic E-state index is -4.53. The molecule has 0 radical (unpaired) electrons. The molecular weight excluding hydrogens is 357 g/mol. The van der Waals surface area contributed by atoms with E-state index in [9.17, 15) is 22.8 Å². The summed E-state index contributed by atoms with van der Waals surface area (Å²) in [5, 5.41) is 2.74. The lowest BCUT2D eigenvalue weighted by Crippen LogP contribution is -2.37. The highest BCUT2D eigenvalue weighted by Gasteiger charge is 2.31. The molecule has 0 heterocycles. The highest BCUT2D eigenvalue weighted by atomic mass is 19.4. The average Bonchev–Trinajstić information content (AvgIpc) is 2.59. The summed E-state index contributed by atoms with van der Waals surface area (Å²) in [5.41, 5.74) is 0.686. The summed E-state index contributed by atoms with van der Waals surface area (Å²) in [6.45, 7) is 4.78. The number of nitrogens with one attached hydrogen (secondary N) is 1. The van der Waals surface area contributed by atoms with Crippen LogP contribution in [0.25, 0.3) is 0 Å². The Balaban J connectivity index is 2.22. The second-order valence-electron chi connectivity index (χ2n) is 6.44. The number of nitrogens with zero attached hydrogens (tertiary/aromatic N) is 1. The molecule has 0 aliphatic carbocycles. The predicted molar refractivity (Wildman–Crippen MR) is 98.6 cm³/mol. The number of alkyl halides is 3. The molecule has 0 fully saturated rings. The van der Waals surface area contributed by atoms with Gasteiger partial charge in [0.05, 0.1) is 5.56 Å². The van der Waals surface area contributed by atoms with E-state index in [1.807, 2.05) is 26.0 Å². The third-order valence-electron chi connectivity index (χ3n) is 4.02. The Labute approximate surface area is 156 Å². The number of carbonyl (C=O) groups excluding carboxylic acids is 2. The summed E-state index contributed by atoms with van der Waals surface area (Å²) in [6.07, 6.45) is -4.53. The van der Waals surface area contributed by atoms with Gasteiger partial charge in [-0.25, -0.2) is 0 Å². The molecule has 2 amide bonds. The zero-order valence-corrected chi connectivity index (χ0v) is 15.3. The van der Waals surface area contributed by atoms with Crippen molar-refractivity contribution in [3.8, 4) is 0 Å². The summed E-state index contributed by atoms with van der Waals surface area (Å²) in [6, 6.07) is 11.6. The zero-order chi connectivity index (χ0) is 20.2. The van der Waals surface area contributed by atoms with Crippen molar-refractivity contribution in [1.82, 2.24) is 0 Å². The van der Waals surface area contributed by atoms with Gasteiger partial charge in [0.15, 0.2) is 0 Å². The lowest BCUT2D eigenvalue weighted by Gasteiger charge is -2.22. The van der Waals surface area contributed by atoms with Crippen molar-refractivity contribution >= 4 is 23.2 Å². The molecule has 0 aliphatic rings. The van der Waals surface area contributed by atoms with E-state index >= 15 is 0 Å². The quantitative estimate of drug-likeness (QED) is 0.811. The molecule has 0 atom stereocenters. The van der Waals surface area contributed by atoms with Gasteiger partial charge in [0, 0.05) is 18.3 Å². The summed E-state index contributed by atoms with van der Waals surface area (Å²) in [7, 11) is 0. The maximum absolute atomic E-state index is 12.9. The SMILES string of the molecule is CC(=O)N(CC(=O)Nc1ccccc1C(C)C)c1cccc(C(F)(F)F)c1. The first-order valence-electron chi connectivity index (χ1n) is 8.43. The Bertz CT molecular complexity index is 832. The summed E-state index contributed by atoms with van der Waals surface area (Å²) >= 11 is 0. The van der Waals surface area contributed by atoms with Gasteiger partial charge in [-0.05, 0) is 35.7 Å². The number of carbonyl (C=O) groups is 2. The lowest BCUT2D eigenvalue weighted by molar-refractivity contribution is -0.137. The Morgan fingerprint density at radius 2 is 1.74 bits per heavy atom. The second-order valence-corrected chi connectivity index (χ2v) is 6.44. The Morgan fingerprint density at radius 1 is 1.07 bits per heavy atom. The van der Waals surface area contributed by atoms with Gasteiger partial charge in [0.1, 0.15) is 6.54 Å². The minimum absolute atomic E-state index is 0.0182. The van der Waals surface area contributed by atoms with Crippen molar-refractivity contribution in [1.29, 1.82) is 0 Å². The maximum atomic E-state index is 12.9. The number of hydrogen-bond acceptors (Lipinski definition) is 2.